The standard InChI is InChI=1S/C14H13ClN2O3S/c1-9-16-11(8-21-9)6-13(18)17(7-14(19)20)12-4-2-3-10(15)5-12/h2-5,8H,6-7H2,1H3,(H,19,20). The Morgan fingerprint density at radius 1 is 1.43 bits per heavy atom. The number of carbonyl (C=O) groups excluding carboxylic acids is 1. The second-order valence-corrected chi connectivity index (χ2v) is 5.89. The number of anilines is 1. The minimum absolute atomic E-state index is 0.0597. The Kier molecular flexibility index (Phi) is 4.93. The van der Waals surface area contributed by atoms with Gasteiger partial charge in [-0.15, -0.1) is 11.3 Å². The number of benzene rings is 1. The van der Waals surface area contributed by atoms with Crippen LogP contribution in [0, 0.1) is 6.92 Å². The molecule has 1 aromatic carbocycles. The first-order valence-electron chi connectivity index (χ1n) is 6.14. The number of hydrogen-bond acceptors (Lipinski definition) is 4. The molecule has 0 saturated carbocycles. The van der Waals surface area contributed by atoms with Gasteiger partial charge >= 0.3 is 5.97 Å². The zero-order chi connectivity index (χ0) is 15.4. The Morgan fingerprint density at radius 3 is 2.76 bits per heavy atom. The highest BCUT2D eigenvalue weighted by Crippen LogP contribution is 2.20. The summed E-state index contributed by atoms with van der Waals surface area (Å²) >= 11 is 7.35. The summed E-state index contributed by atoms with van der Waals surface area (Å²) in [5.74, 6) is -1.41. The van der Waals surface area contributed by atoms with Gasteiger partial charge in [-0.2, -0.15) is 0 Å². The van der Waals surface area contributed by atoms with E-state index in [9.17, 15) is 9.59 Å². The van der Waals surface area contributed by atoms with Gasteiger partial charge in [-0.3, -0.25) is 9.59 Å². The van der Waals surface area contributed by atoms with Crippen molar-refractivity contribution in [2.75, 3.05) is 11.4 Å². The molecule has 1 N–H and O–H groups in total. The number of aromatic nitrogens is 1. The summed E-state index contributed by atoms with van der Waals surface area (Å²) in [6, 6.07) is 6.55. The number of aliphatic carboxylic acids is 1. The number of amides is 1. The number of carboxylic acid groups (broad SMARTS) is 1. The predicted octanol–water partition coefficient (Wildman–Crippen LogP) is 2.77. The summed E-state index contributed by atoms with van der Waals surface area (Å²) in [7, 11) is 0. The molecular weight excluding hydrogens is 312 g/mol. The Balaban J connectivity index is 2.23. The van der Waals surface area contributed by atoms with Crippen molar-refractivity contribution < 1.29 is 14.7 Å². The number of carbonyl (C=O) groups is 2. The lowest BCUT2D eigenvalue weighted by Gasteiger charge is -2.20. The minimum atomic E-state index is -1.09. The van der Waals surface area contributed by atoms with E-state index in [0.29, 0.717) is 16.4 Å². The third-order valence-electron chi connectivity index (χ3n) is 2.71. The molecule has 0 atom stereocenters. The molecule has 1 heterocycles. The minimum Gasteiger partial charge on any atom is -0.480 e. The topological polar surface area (TPSA) is 70.5 Å². The van der Waals surface area contributed by atoms with Crippen LogP contribution in [0.3, 0.4) is 0 Å². The SMILES string of the molecule is Cc1nc(CC(=O)N(CC(=O)O)c2cccc(Cl)c2)cs1. The van der Waals surface area contributed by atoms with E-state index in [0.717, 1.165) is 5.01 Å². The fourth-order valence-corrected chi connectivity index (χ4v) is 2.64. The molecule has 0 unspecified atom stereocenters. The first-order chi connectivity index (χ1) is 9.95. The van der Waals surface area contributed by atoms with Gasteiger partial charge in [0.05, 0.1) is 17.1 Å². The molecular formula is C14H13ClN2O3S. The smallest absolute Gasteiger partial charge is 0.323 e. The predicted molar refractivity (Wildman–Crippen MR) is 82.0 cm³/mol. The largest absolute Gasteiger partial charge is 0.480 e. The molecule has 1 aromatic heterocycles. The van der Waals surface area contributed by atoms with Gasteiger partial charge in [-0.1, -0.05) is 17.7 Å². The summed E-state index contributed by atoms with van der Waals surface area (Å²) < 4.78 is 0. The van der Waals surface area contributed by atoms with E-state index in [4.69, 9.17) is 16.7 Å². The summed E-state index contributed by atoms with van der Waals surface area (Å²) in [6.07, 6.45) is 0.0597. The van der Waals surface area contributed by atoms with Crippen molar-refractivity contribution in [3.05, 3.63) is 45.4 Å². The van der Waals surface area contributed by atoms with E-state index in [1.807, 2.05) is 6.92 Å². The molecule has 2 aromatic rings. The van der Waals surface area contributed by atoms with Crippen LogP contribution >= 0.6 is 22.9 Å². The lowest BCUT2D eigenvalue weighted by molar-refractivity contribution is -0.136. The van der Waals surface area contributed by atoms with Gasteiger partial charge in [0.2, 0.25) is 5.91 Å². The average molecular weight is 325 g/mol. The molecule has 2 rings (SSSR count). The van der Waals surface area contributed by atoms with E-state index in [-0.39, 0.29) is 12.3 Å². The summed E-state index contributed by atoms with van der Waals surface area (Å²) in [4.78, 5) is 28.8. The van der Waals surface area contributed by atoms with Crippen molar-refractivity contribution in [1.29, 1.82) is 0 Å². The second kappa shape index (κ2) is 6.69. The lowest BCUT2D eigenvalue weighted by atomic mass is 10.2. The monoisotopic (exact) mass is 324 g/mol. The molecule has 0 aliphatic carbocycles. The second-order valence-electron chi connectivity index (χ2n) is 4.39. The van der Waals surface area contributed by atoms with Gasteiger partial charge < -0.3 is 10.0 Å². The van der Waals surface area contributed by atoms with Gasteiger partial charge in [0.15, 0.2) is 0 Å². The zero-order valence-corrected chi connectivity index (χ0v) is 12.8. The fourth-order valence-electron chi connectivity index (χ4n) is 1.84. The Morgan fingerprint density at radius 2 is 2.19 bits per heavy atom. The highest BCUT2D eigenvalue weighted by molar-refractivity contribution is 7.09. The van der Waals surface area contributed by atoms with E-state index in [1.54, 1.807) is 29.6 Å². The van der Waals surface area contributed by atoms with Crippen LogP contribution in [-0.4, -0.2) is 28.5 Å². The lowest BCUT2D eigenvalue weighted by Crippen LogP contribution is -2.36. The molecule has 1 amide bonds. The maximum absolute atomic E-state index is 12.4. The molecule has 0 saturated heterocycles. The number of rotatable bonds is 5. The van der Waals surface area contributed by atoms with E-state index < -0.39 is 12.5 Å². The molecule has 0 bridgehead atoms. The Bertz CT molecular complexity index is 672. The van der Waals surface area contributed by atoms with E-state index >= 15 is 0 Å². The van der Waals surface area contributed by atoms with Gasteiger partial charge in [0.25, 0.3) is 0 Å². The van der Waals surface area contributed by atoms with Crippen molar-refractivity contribution in [1.82, 2.24) is 4.98 Å². The third-order valence-corrected chi connectivity index (χ3v) is 3.77. The van der Waals surface area contributed by atoms with Crippen molar-refractivity contribution in [2.45, 2.75) is 13.3 Å². The highest BCUT2D eigenvalue weighted by atomic mass is 35.5. The van der Waals surface area contributed by atoms with E-state index in [2.05, 4.69) is 4.98 Å². The Hall–Kier alpha value is -1.92. The van der Waals surface area contributed by atoms with Crippen molar-refractivity contribution in [3.63, 3.8) is 0 Å². The molecule has 110 valence electrons. The molecule has 5 nitrogen and oxygen atoms in total. The number of nitrogens with zero attached hydrogens (tertiary/aromatic N) is 2. The first kappa shape index (κ1) is 15.5. The molecule has 0 spiro atoms. The van der Waals surface area contributed by atoms with Gasteiger partial charge in [0.1, 0.15) is 6.54 Å². The van der Waals surface area contributed by atoms with Crippen LogP contribution in [-0.2, 0) is 16.0 Å². The number of thiazole rings is 1. The van der Waals surface area contributed by atoms with Crippen LogP contribution in [0.5, 0.6) is 0 Å². The molecule has 0 fully saturated rings. The van der Waals surface area contributed by atoms with Crippen LogP contribution in [0.2, 0.25) is 5.02 Å². The summed E-state index contributed by atoms with van der Waals surface area (Å²) in [5.41, 5.74) is 1.10. The molecule has 0 aliphatic heterocycles. The number of aryl methyl sites for hydroxylation is 1. The third kappa shape index (κ3) is 4.27. The Labute approximate surface area is 130 Å². The maximum atomic E-state index is 12.4. The fraction of sp³-hybridized carbons (Fsp3) is 0.214. The van der Waals surface area contributed by atoms with E-state index in [1.165, 1.54) is 16.2 Å². The van der Waals surface area contributed by atoms with Crippen molar-refractivity contribution >= 4 is 40.5 Å². The molecule has 7 heteroatoms. The van der Waals surface area contributed by atoms with Gasteiger partial charge in [-0.25, -0.2) is 4.98 Å². The number of halogens is 1. The van der Waals surface area contributed by atoms with Crippen LogP contribution in [0.4, 0.5) is 5.69 Å². The number of hydrogen-bond donors (Lipinski definition) is 1. The van der Waals surface area contributed by atoms with Gasteiger partial charge in [-0.05, 0) is 25.1 Å². The molecule has 0 aliphatic rings. The zero-order valence-electron chi connectivity index (χ0n) is 11.2. The maximum Gasteiger partial charge on any atom is 0.323 e. The van der Waals surface area contributed by atoms with Crippen molar-refractivity contribution in [2.24, 2.45) is 0 Å². The first-order valence-corrected chi connectivity index (χ1v) is 7.40. The van der Waals surface area contributed by atoms with Crippen LogP contribution < -0.4 is 4.90 Å². The normalized spacial score (nSPS) is 10.4. The van der Waals surface area contributed by atoms with Crippen LogP contribution in [0.15, 0.2) is 29.6 Å². The quantitative estimate of drug-likeness (QED) is 0.918. The summed E-state index contributed by atoms with van der Waals surface area (Å²) in [6.45, 7) is 1.44. The summed E-state index contributed by atoms with van der Waals surface area (Å²) in [5, 5.41) is 12.1. The molecule has 0 radical (unpaired) electrons. The number of carboxylic acids is 1. The van der Waals surface area contributed by atoms with Crippen molar-refractivity contribution in [3.8, 4) is 0 Å². The van der Waals surface area contributed by atoms with Crippen LogP contribution in [0.1, 0.15) is 10.7 Å². The van der Waals surface area contributed by atoms with Gasteiger partial charge in [0, 0.05) is 16.1 Å². The average Bonchev–Trinajstić information content (AvgIpc) is 2.81. The van der Waals surface area contributed by atoms with Crippen LogP contribution in [0.25, 0.3) is 0 Å². The molecule has 21 heavy (non-hydrogen) atoms. The highest BCUT2D eigenvalue weighted by Gasteiger charge is 2.20.